The number of amides is 2. The molecular weight excluding hydrogens is 378 g/mol. The molecule has 2 aliphatic rings. The Morgan fingerprint density at radius 2 is 1.82 bits per heavy atom. The minimum atomic E-state index is 0.0798. The number of nitrogens with zero attached hydrogens (tertiary/aromatic N) is 4. The molecule has 150 valence electrons. The van der Waals surface area contributed by atoms with Gasteiger partial charge in [0.25, 0.3) is 5.89 Å². The summed E-state index contributed by atoms with van der Waals surface area (Å²) >= 11 is 5.92. The molecule has 0 unspecified atom stereocenters. The molecule has 0 bridgehead atoms. The molecule has 8 heteroatoms. The zero-order chi connectivity index (χ0) is 19.3. The number of piperazine rings is 1. The second kappa shape index (κ2) is 8.92. The molecular formula is C20H26ClN5O2. The van der Waals surface area contributed by atoms with Gasteiger partial charge in [-0.05, 0) is 37.1 Å². The van der Waals surface area contributed by atoms with Gasteiger partial charge in [0.2, 0.25) is 0 Å². The predicted octanol–water partition coefficient (Wildman–Crippen LogP) is 3.55. The molecule has 1 aliphatic heterocycles. The van der Waals surface area contributed by atoms with E-state index < -0.39 is 0 Å². The fourth-order valence-electron chi connectivity index (χ4n) is 3.85. The van der Waals surface area contributed by atoms with Crippen LogP contribution in [0.5, 0.6) is 0 Å². The maximum Gasteiger partial charge on any atom is 0.317 e. The lowest BCUT2D eigenvalue weighted by Gasteiger charge is -2.35. The molecule has 1 aromatic carbocycles. The summed E-state index contributed by atoms with van der Waals surface area (Å²) in [5, 5.41) is 7.96. The highest BCUT2D eigenvalue weighted by atomic mass is 35.5. The van der Waals surface area contributed by atoms with Gasteiger partial charge >= 0.3 is 6.03 Å². The van der Waals surface area contributed by atoms with Crippen molar-refractivity contribution in [2.24, 2.45) is 0 Å². The summed E-state index contributed by atoms with van der Waals surface area (Å²) in [5.74, 6) is 1.15. The molecule has 1 saturated carbocycles. The first-order chi connectivity index (χ1) is 13.7. The van der Waals surface area contributed by atoms with Gasteiger partial charge < -0.3 is 14.7 Å². The lowest BCUT2D eigenvalue weighted by atomic mass is 9.96. The number of benzene rings is 1. The molecule has 1 aromatic heterocycles. The van der Waals surface area contributed by atoms with E-state index in [0.29, 0.717) is 29.3 Å². The molecule has 2 amide bonds. The molecule has 7 nitrogen and oxygen atoms in total. The number of carbonyl (C=O) groups excluding carboxylic acids is 1. The number of aromatic nitrogens is 2. The highest BCUT2D eigenvalue weighted by molar-refractivity contribution is 6.30. The number of carbonyl (C=O) groups is 1. The van der Waals surface area contributed by atoms with Crippen LogP contribution in [0.2, 0.25) is 5.02 Å². The molecule has 0 spiro atoms. The highest BCUT2D eigenvalue weighted by Crippen LogP contribution is 2.20. The molecule has 1 N–H and O–H groups in total. The van der Waals surface area contributed by atoms with Crippen molar-refractivity contribution in [3.8, 4) is 11.5 Å². The third kappa shape index (κ3) is 4.83. The minimum absolute atomic E-state index is 0.0798. The fraction of sp³-hybridized carbons (Fsp3) is 0.550. The normalized spacial score (nSPS) is 19.0. The van der Waals surface area contributed by atoms with E-state index in [1.54, 1.807) is 12.1 Å². The summed E-state index contributed by atoms with van der Waals surface area (Å²) in [6, 6.07) is 7.77. The van der Waals surface area contributed by atoms with Gasteiger partial charge in [-0.25, -0.2) is 4.79 Å². The van der Waals surface area contributed by atoms with E-state index in [0.717, 1.165) is 44.6 Å². The minimum Gasteiger partial charge on any atom is -0.335 e. The topological polar surface area (TPSA) is 74.5 Å². The number of hydrogen-bond acceptors (Lipinski definition) is 5. The monoisotopic (exact) mass is 403 g/mol. The van der Waals surface area contributed by atoms with Gasteiger partial charge in [0, 0.05) is 42.8 Å². The van der Waals surface area contributed by atoms with Crippen molar-refractivity contribution in [2.45, 2.75) is 44.7 Å². The summed E-state index contributed by atoms with van der Waals surface area (Å²) < 4.78 is 5.37. The van der Waals surface area contributed by atoms with Crippen molar-refractivity contribution in [3.05, 3.63) is 35.1 Å². The predicted molar refractivity (Wildman–Crippen MR) is 107 cm³/mol. The molecule has 1 saturated heterocycles. The quantitative estimate of drug-likeness (QED) is 0.844. The van der Waals surface area contributed by atoms with Crippen LogP contribution in [0.3, 0.4) is 0 Å². The second-order valence-electron chi connectivity index (χ2n) is 7.57. The molecule has 0 atom stereocenters. The number of hydrogen-bond donors (Lipinski definition) is 1. The molecule has 1 aliphatic carbocycles. The van der Waals surface area contributed by atoms with Crippen LogP contribution in [0.25, 0.3) is 11.5 Å². The van der Waals surface area contributed by atoms with Gasteiger partial charge in [-0.1, -0.05) is 36.0 Å². The lowest BCUT2D eigenvalue weighted by molar-refractivity contribution is 0.129. The van der Waals surface area contributed by atoms with E-state index in [1.165, 1.54) is 19.3 Å². The van der Waals surface area contributed by atoms with Crippen LogP contribution in [0.15, 0.2) is 28.8 Å². The van der Waals surface area contributed by atoms with Crippen LogP contribution in [0.1, 0.15) is 37.9 Å². The number of urea groups is 1. The van der Waals surface area contributed by atoms with Crippen molar-refractivity contribution >= 4 is 17.6 Å². The van der Waals surface area contributed by atoms with Gasteiger partial charge in [0.1, 0.15) is 0 Å². The molecule has 2 fully saturated rings. The average molecular weight is 404 g/mol. The Hall–Kier alpha value is -2.12. The number of rotatable bonds is 4. The van der Waals surface area contributed by atoms with Crippen LogP contribution in [0, 0.1) is 0 Å². The first-order valence-corrected chi connectivity index (χ1v) is 10.4. The summed E-state index contributed by atoms with van der Waals surface area (Å²) in [7, 11) is 0. The third-order valence-corrected chi connectivity index (χ3v) is 5.77. The van der Waals surface area contributed by atoms with Crippen LogP contribution >= 0.6 is 11.6 Å². The van der Waals surface area contributed by atoms with Crippen LogP contribution < -0.4 is 5.32 Å². The van der Waals surface area contributed by atoms with E-state index >= 15 is 0 Å². The van der Waals surface area contributed by atoms with Crippen molar-refractivity contribution in [2.75, 3.05) is 26.2 Å². The van der Waals surface area contributed by atoms with E-state index in [9.17, 15) is 4.79 Å². The Balaban J connectivity index is 1.25. The maximum atomic E-state index is 12.5. The smallest absolute Gasteiger partial charge is 0.317 e. The Labute approximate surface area is 170 Å². The van der Waals surface area contributed by atoms with Crippen molar-refractivity contribution in [1.82, 2.24) is 25.3 Å². The van der Waals surface area contributed by atoms with Gasteiger partial charge in [-0.15, -0.1) is 0 Å². The third-order valence-electron chi connectivity index (χ3n) is 5.52. The first-order valence-electron chi connectivity index (χ1n) is 10.0. The summed E-state index contributed by atoms with van der Waals surface area (Å²) in [6.07, 6.45) is 5.96. The van der Waals surface area contributed by atoms with Gasteiger partial charge in [-0.3, -0.25) is 4.90 Å². The van der Waals surface area contributed by atoms with Crippen LogP contribution in [-0.2, 0) is 6.54 Å². The van der Waals surface area contributed by atoms with E-state index in [4.69, 9.17) is 16.1 Å². The fourth-order valence-corrected chi connectivity index (χ4v) is 3.98. The zero-order valence-electron chi connectivity index (χ0n) is 15.9. The van der Waals surface area contributed by atoms with Crippen molar-refractivity contribution in [3.63, 3.8) is 0 Å². The highest BCUT2D eigenvalue weighted by Gasteiger charge is 2.24. The summed E-state index contributed by atoms with van der Waals surface area (Å²) in [6.45, 7) is 3.68. The van der Waals surface area contributed by atoms with E-state index in [1.807, 2.05) is 17.0 Å². The standard InChI is InChI=1S/C20H26ClN5O2/c21-16-8-6-15(7-9-16)19-23-18(24-28-19)14-25-10-12-26(13-11-25)20(27)22-17-4-2-1-3-5-17/h6-9,17H,1-5,10-14H2,(H,22,27). The Morgan fingerprint density at radius 1 is 1.11 bits per heavy atom. The second-order valence-corrected chi connectivity index (χ2v) is 8.01. The van der Waals surface area contributed by atoms with Crippen molar-refractivity contribution in [1.29, 1.82) is 0 Å². The van der Waals surface area contributed by atoms with E-state index in [-0.39, 0.29) is 6.03 Å². The largest absolute Gasteiger partial charge is 0.335 e. The molecule has 2 heterocycles. The van der Waals surface area contributed by atoms with Gasteiger partial charge in [0.15, 0.2) is 5.82 Å². The van der Waals surface area contributed by atoms with Gasteiger partial charge in [0.05, 0.1) is 6.54 Å². The summed E-state index contributed by atoms with van der Waals surface area (Å²) in [5.41, 5.74) is 0.854. The Kier molecular flexibility index (Phi) is 6.12. The maximum absolute atomic E-state index is 12.5. The molecule has 28 heavy (non-hydrogen) atoms. The van der Waals surface area contributed by atoms with Crippen LogP contribution in [-0.4, -0.2) is 58.2 Å². The Bertz CT molecular complexity index is 780. The molecule has 2 aromatic rings. The zero-order valence-corrected chi connectivity index (χ0v) is 16.7. The SMILES string of the molecule is O=C(NC1CCCCC1)N1CCN(Cc2noc(-c3ccc(Cl)cc3)n2)CC1. The molecule has 0 radical (unpaired) electrons. The number of halogens is 1. The molecule has 4 rings (SSSR count). The number of nitrogens with one attached hydrogen (secondary N) is 1. The Morgan fingerprint density at radius 3 is 2.54 bits per heavy atom. The lowest BCUT2D eigenvalue weighted by Crippen LogP contribution is -2.53. The van der Waals surface area contributed by atoms with E-state index in [2.05, 4.69) is 20.4 Å². The first kappa shape index (κ1) is 19.2. The van der Waals surface area contributed by atoms with Crippen molar-refractivity contribution < 1.29 is 9.32 Å². The average Bonchev–Trinajstić information content (AvgIpc) is 3.18. The van der Waals surface area contributed by atoms with Gasteiger partial charge in [-0.2, -0.15) is 4.98 Å². The van der Waals surface area contributed by atoms with Crippen LogP contribution in [0.4, 0.5) is 4.79 Å². The summed E-state index contributed by atoms with van der Waals surface area (Å²) in [4.78, 5) is 21.1.